The number of nitrogens with one attached hydrogen (secondary N) is 1. The van der Waals surface area contributed by atoms with Gasteiger partial charge in [-0.15, -0.1) is 11.8 Å². The van der Waals surface area contributed by atoms with E-state index in [9.17, 15) is 4.79 Å². The third-order valence-corrected chi connectivity index (χ3v) is 6.81. The van der Waals surface area contributed by atoms with Crippen molar-refractivity contribution in [2.75, 3.05) is 26.5 Å². The number of amides is 1. The van der Waals surface area contributed by atoms with E-state index in [0.29, 0.717) is 23.8 Å². The Labute approximate surface area is 205 Å². The van der Waals surface area contributed by atoms with E-state index in [1.54, 1.807) is 26.0 Å². The van der Waals surface area contributed by atoms with Crippen molar-refractivity contribution >= 4 is 28.6 Å². The van der Waals surface area contributed by atoms with Crippen molar-refractivity contribution in [2.45, 2.75) is 24.8 Å². The number of fused-ring (bicyclic) bond motifs is 1. The molecule has 0 atom stereocenters. The van der Waals surface area contributed by atoms with E-state index in [2.05, 4.69) is 65.5 Å². The summed E-state index contributed by atoms with van der Waals surface area (Å²) in [6, 6.07) is 22.8. The number of carbonyl (C=O) groups excluding carboxylic acids is 1. The molecule has 0 aliphatic rings. The number of hydrogen-bond acceptors (Lipinski definition) is 4. The molecule has 0 bridgehead atoms. The van der Waals surface area contributed by atoms with Crippen molar-refractivity contribution in [1.82, 2.24) is 9.88 Å². The van der Waals surface area contributed by atoms with Crippen LogP contribution in [-0.2, 0) is 17.8 Å². The van der Waals surface area contributed by atoms with Gasteiger partial charge in [0.25, 0.3) is 0 Å². The van der Waals surface area contributed by atoms with Crippen LogP contribution in [0.4, 0.5) is 0 Å². The number of aryl methyl sites for hydroxylation is 1. The van der Waals surface area contributed by atoms with E-state index in [1.165, 1.54) is 22.0 Å². The van der Waals surface area contributed by atoms with Crippen LogP contribution in [-0.4, -0.2) is 37.0 Å². The van der Waals surface area contributed by atoms with Gasteiger partial charge in [0.2, 0.25) is 5.91 Å². The number of ether oxygens (including phenoxy) is 2. The van der Waals surface area contributed by atoms with Crippen molar-refractivity contribution in [1.29, 1.82) is 0 Å². The van der Waals surface area contributed by atoms with Gasteiger partial charge in [-0.2, -0.15) is 0 Å². The van der Waals surface area contributed by atoms with Crippen LogP contribution in [0.1, 0.15) is 16.7 Å². The van der Waals surface area contributed by atoms with Crippen LogP contribution in [0.15, 0.2) is 77.8 Å². The molecule has 6 heteroatoms. The quantitative estimate of drug-likeness (QED) is 0.310. The fourth-order valence-corrected chi connectivity index (χ4v) is 4.84. The Kier molecular flexibility index (Phi) is 7.80. The number of carbonyl (C=O) groups is 1. The largest absolute Gasteiger partial charge is 0.493 e. The van der Waals surface area contributed by atoms with Crippen molar-refractivity contribution < 1.29 is 14.3 Å². The van der Waals surface area contributed by atoms with E-state index < -0.39 is 0 Å². The number of thioether (sulfide) groups is 1. The number of methoxy groups -OCH3 is 2. The lowest BCUT2D eigenvalue weighted by Gasteiger charge is -2.10. The summed E-state index contributed by atoms with van der Waals surface area (Å²) in [7, 11) is 3.24. The molecule has 5 nitrogen and oxygen atoms in total. The summed E-state index contributed by atoms with van der Waals surface area (Å²) < 4.78 is 12.9. The van der Waals surface area contributed by atoms with Gasteiger partial charge in [0, 0.05) is 35.1 Å². The highest BCUT2D eigenvalue weighted by Gasteiger charge is 2.11. The highest BCUT2D eigenvalue weighted by molar-refractivity contribution is 8.00. The number of nitrogens with zero attached hydrogens (tertiary/aromatic N) is 1. The highest BCUT2D eigenvalue weighted by Crippen LogP contribution is 2.31. The summed E-state index contributed by atoms with van der Waals surface area (Å²) in [6.07, 6.45) is 2.89. The minimum atomic E-state index is 0.0286. The van der Waals surface area contributed by atoms with Crippen LogP contribution in [0.3, 0.4) is 0 Å². The molecule has 4 rings (SSSR count). The molecule has 34 heavy (non-hydrogen) atoms. The van der Waals surface area contributed by atoms with E-state index in [-0.39, 0.29) is 5.91 Å². The van der Waals surface area contributed by atoms with E-state index in [1.807, 2.05) is 24.3 Å². The second-order valence-corrected chi connectivity index (χ2v) is 9.22. The second kappa shape index (κ2) is 11.2. The Morgan fingerprint density at radius 2 is 1.68 bits per heavy atom. The molecule has 0 aliphatic heterocycles. The predicted octanol–water partition coefficient (Wildman–Crippen LogP) is 5.47. The van der Waals surface area contributed by atoms with Crippen LogP contribution >= 0.6 is 11.8 Å². The molecule has 3 aromatic carbocycles. The zero-order chi connectivity index (χ0) is 23.9. The zero-order valence-electron chi connectivity index (χ0n) is 19.8. The number of para-hydroxylation sites is 1. The third-order valence-electron chi connectivity index (χ3n) is 5.77. The molecule has 0 radical (unpaired) electrons. The van der Waals surface area contributed by atoms with Gasteiger partial charge in [0.1, 0.15) is 0 Å². The first-order valence-electron chi connectivity index (χ1n) is 11.3. The minimum absolute atomic E-state index is 0.0286. The summed E-state index contributed by atoms with van der Waals surface area (Å²) >= 11 is 1.58. The maximum absolute atomic E-state index is 12.5. The van der Waals surface area contributed by atoms with Crippen LogP contribution in [0, 0.1) is 6.92 Å². The van der Waals surface area contributed by atoms with E-state index >= 15 is 0 Å². The first-order chi connectivity index (χ1) is 16.6. The van der Waals surface area contributed by atoms with E-state index in [4.69, 9.17) is 9.47 Å². The fraction of sp³-hybridized carbons (Fsp3) is 0.250. The van der Waals surface area contributed by atoms with Crippen LogP contribution in [0.25, 0.3) is 10.9 Å². The maximum Gasteiger partial charge on any atom is 0.230 e. The van der Waals surface area contributed by atoms with Crippen LogP contribution < -0.4 is 14.8 Å². The Bertz CT molecular complexity index is 1260. The number of hydrogen-bond donors (Lipinski definition) is 1. The fourth-order valence-electron chi connectivity index (χ4n) is 3.93. The summed E-state index contributed by atoms with van der Waals surface area (Å²) in [5.41, 5.74) is 4.79. The van der Waals surface area contributed by atoms with E-state index in [0.717, 1.165) is 23.4 Å². The molecule has 1 heterocycles. The van der Waals surface area contributed by atoms with Crippen LogP contribution in [0.2, 0.25) is 0 Å². The summed E-state index contributed by atoms with van der Waals surface area (Å²) in [6.45, 7) is 3.48. The van der Waals surface area contributed by atoms with Gasteiger partial charge in [-0.3, -0.25) is 4.79 Å². The molecule has 0 aliphatic carbocycles. The topological polar surface area (TPSA) is 52.5 Å². The van der Waals surface area contributed by atoms with Crippen LogP contribution in [0.5, 0.6) is 11.5 Å². The minimum Gasteiger partial charge on any atom is -0.493 e. The summed E-state index contributed by atoms with van der Waals surface area (Å²) in [5.74, 6) is 1.81. The molecule has 1 N–H and O–H groups in total. The molecule has 0 saturated heterocycles. The van der Waals surface area contributed by atoms with Gasteiger partial charge in [0.15, 0.2) is 11.5 Å². The molecule has 4 aromatic rings. The molecule has 0 spiro atoms. The highest BCUT2D eigenvalue weighted by atomic mass is 32.2. The van der Waals surface area contributed by atoms with Crippen molar-refractivity contribution in [3.63, 3.8) is 0 Å². The zero-order valence-corrected chi connectivity index (χ0v) is 20.7. The first kappa shape index (κ1) is 23.8. The predicted molar refractivity (Wildman–Crippen MR) is 139 cm³/mol. The van der Waals surface area contributed by atoms with Crippen molar-refractivity contribution in [3.05, 3.63) is 89.6 Å². The molecular formula is C28H30N2O3S. The summed E-state index contributed by atoms with van der Waals surface area (Å²) in [4.78, 5) is 13.6. The lowest BCUT2D eigenvalue weighted by molar-refractivity contribution is -0.118. The Hall–Kier alpha value is -3.38. The lowest BCUT2D eigenvalue weighted by atomic mass is 10.1. The molecule has 0 saturated carbocycles. The average molecular weight is 475 g/mol. The average Bonchev–Trinajstić information content (AvgIpc) is 3.21. The molecular weight excluding hydrogens is 444 g/mol. The normalized spacial score (nSPS) is 10.9. The van der Waals surface area contributed by atoms with Crippen molar-refractivity contribution in [3.8, 4) is 11.5 Å². The maximum atomic E-state index is 12.5. The Morgan fingerprint density at radius 3 is 2.44 bits per heavy atom. The van der Waals surface area contributed by atoms with Crippen molar-refractivity contribution in [2.24, 2.45) is 0 Å². The molecule has 0 unspecified atom stereocenters. The summed E-state index contributed by atoms with van der Waals surface area (Å²) in [5, 5.41) is 4.21. The second-order valence-electron chi connectivity index (χ2n) is 8.20. The monoisotopic (exact) mass is 474 g/mol. The van der Waals surface area contributed by atoms with Gasteiger partial charge in [0.05, 0.1) is 20.0 Å². The Balaban J connectivity index is 1.35. The lowest BCUT2D eigenvalue weighted by Crippen LogP contribution is -2.27. The third kappa shape index (κ3) is 5.75. The van der Waals surface area contributed by atoms with Gasteiger partial charge in [-0.05, 0) is 42.7 Å². The molecule has 0 fully saturated rings. The number of aromatic nitrogens is 1. The van der Waals surface area contributed by atoms with Gasteiger partial charge >= 0.3 is 0 Å². The molecule has 176 valence electrons. The Morgan fingerprint density at radius 1 is 0.941 bits per heavy atom. The van der Waals surface area contributed by atoms with Gasteiger partial charge < -0.3 is 19.4 Å². The molecule has 1 amide bonds. The standard InChI is InChI=1S/C28H30N2O3S/c1-20-8-10-22(11-9-20)17-30-18-27(23-6-4-5-7-24(23)30)34-19-28(31)29-15-14-21-12-13-25(32-2)26(16-21)33-3/h4-13,16,18H,14-15,17,19H2,1-3H3,(H,29,31). The number of rotatable bonds is 10. The van der Waals surface area contributed by atoms with Gasteiger partial charge in [-0.25, -0.2) is 0 Å². The smallest absolute Gasteiger partial charge is 0.230 e. The SMILES string of the molecule is COc1ccc(CCNC(=O)CSc2cn(Cc3ccc(C)cc3)c3ccccc23)cc1OC. The van der Waals surface area contributed by atoms with Gasteiger partial charge in [-0.1, -0.05) is 54.1 Å². The molecule has 1 aromatic heterocycles. The first-order valence-corrected chi connectivity index (χ1v) is 12.3. The number of benzene rings is 3.